The van der Waals surface area contributed by atoms with E-state index in [9.17, 15) is 9.90 Å². The highest BCUT2D eigenvalue weighted by molar-refractivity contribution is 7.19. The van der Waals surface area contributed by atoms with Gasteiger partial charge in [-0.05, 0) is 37.1 Å². The maximum atomic E-state index is 11.3. The Balaban J connectivity index is 1.58. The first-order valence-corrected chi connectivity index (χ1v) is 10.0. The summed E-state index contributed by atoms with van der Waals surface area (Å²) in [6, 6.07) is 2.06. The number of nitrogens with zero attached hydrogens (tertiary/aromatic N) is 4. The molecule has 0 aromatic carbocycles. The number of hydrogen-bond donors (Lipinski definition) is 1. The normalized spacial score (nSPS) is 22.0. The monoisotopic (exact) mass is 396 g/mol. The van der Waals surface area contributed by atoms with Gasteiger partial charge in [-0.25, -0.2) is 4.98 Å². The summed E-state index contributed by atoms with van der Waals surface area (Å²) < 4.78 is 6.47. The number of likely N-dealkylation sites (tertiary alicyclic amines) is 1. The quantitative estimate of drug-likeness (QED) is 0.795. The van der Waals surface area contributed by atoms with Crippen LogP contribution >= 0.6 is 22.9 Å². The Hall–Kier alpha value is -1.48. The number of halogens is 1. The van der Waals surface area contributed by atoms with E-state index < -0.39 is 5.97 Å². The number of ether oxygens (including phenoxy) is 1. The molecule has 7 nitrogen and oxygen atoms in total. The first-order chi connectivity index (χ1) is 12.6. The molecule has 2 fully saturated rings. The van der Waals surface area contributed by atoms with Crippen LogP contribution in [0.1, 0.15) is 17.7 Å². The number of fused-ring (bicyclic) bond motifs is 1. The minimum atomic E-state index is -0.696. The van der Waals surface area contributed by atoms with E-state index in [0.717, 1.165) is 59.9 Å². The van der Waals surface area contributed by atoms with Crippen molar-refractivity contribution in [2.24, 2.45) is 5.92 Å². The van der Waals surface area contributed by atoms with Gasteiger partial charge in [0.25, 0.3) is 0 Å². The van der Waals surface area contributed by atoms with Crippen LogP contribution in [0.4, 0.5) is 5.82 Å². The Labute approximate surface area is 160 Å². The van der Waals surface area contributed by atoms with Gasteiger partial charge in [-0.15, -0.1) is 11.3 Å². The number of rotatable bonds is 4. The van der Waals surface area contributed by atoms with Gasteiger partial charge in [0.05, 0.1) is 29.3 Å². The van der Waals surface area contributed by atoms with Crippen molar-refractivity contribution in [1.82, 2.24) is 14.9 Å². The number of anilines is 1. The van der Waals surface area contributed by atoms with Crippen molar-refractivity contribution in [3.05, 3.63) is 16.2 Å². The van der Waals surface area contributed by atoms with Gasteiger partial charge in [0.2, 0.25) is 5.28 Å². The lowest BCUT2D eigenvalue weighted by Gasteiger charge is -2.30. The smallest absolute Gasteiger partial charge is 0.307 e. The van der Waals surface area contributed by atoms with Gasteiger partial charge in [-0.2, -0.15) is 4.98 Å². The second-order valence-electron chi connectivity index (χ2n) is 6.76. The predicted molar refractivity (Wildman–Crippen MR) is 101 cm³/mol. The third-order valence-electron chi connectivity index (χ3n) is 4.92. The number of piperidine rings is 1. The minimum absolute atomic E-state index is 0.257. The Kier molecular flexibility index (Phi) is 5.26. The molecule has 2 aromatic heterocycles. The summed E-state index contributed by atoms with van der Waals surface area (Å²) in [5.74, 6) is -0.0869. The number of carboxylic acids is 1. The molecule has 2 aliphatic rings. The molecule has 1 atom stereocenters. The summed E-state index contributed by atoms with van der Waals surface area (Å²) >= 11 is 7.82. The van der Waals surface area contributed by atoms with Crippen molar-refractivity contribution in [3.63, 3.8) is 0 Å². The highest BCUT2D eigenvalue weighted by atomic mass is 35.5. The van der Waals surface area contributed by atoms with Crippen molar-refractivity contribution in [2.75, 3.05) is 44.3 Å². The topological polar surface area (TPSA) is 78.8 Å². The molecular weight excluding hydrogens is 376 g/mol. The molecule has 0 aliphatic carbocycles. The van der Waals surface area contributed by atoms with Gasteiger partial charge in [0, 0.05) is 31.1 Å². The summed E-state index contributed by atoms with van der Waals surface area (Å²) in [4.78, 5) is 25.7. The van der Waals surface area contributed by atoms with Gasteiger partial charge >= 0.3 is 5.97 Å². The zero-order chi connectivity index (χ0) is 18.1. The van der Waals surface area contributed by atoms with Crippen molar-refractivity contribution < 1.29 is 14.6 Å². The fourth-order valence-electron chi connectivity index (χ4n) is 3.63. The number of carboxylic acid groups (broad SMARTS) is 1. The molecule has 4 rings (SSSR count). The van der Waals surface area contributed by atoms with E-state index in [4.69, 9.17) is 16.3 Å². The van der Waals surface area contributed by atoms with Crippen LogP contribution in [0.3, 0.4) is 0 Å². The zero-order valence-electron chi connectivity index (χ0n) is 14.4. The van der Waals surface area contributed by atoms with Crippen molar-refractivity contribution in [2.45, 2.75) is 19.4 Å². The van der Waals surface area contributed by atoms with Crippen LogP contribution in [0.2, 0.25) is 5.28 Å². The summed E-state index contributed by atoms with van der Waals surface area (Å²) in [5.41, 5.74) is 0.860. The highest BCUT2D eigenvalue weighted by Gasteiger charge is 2.26. The number of aliphatic carboxylic acids is 1. The first-order valence-electron chi connectivity index (χ1n) is 8.84. The van der Waals surface area contributed by atoms with E-state index in [1.807, 2.05) is 0 Å². The second-order valence-corrected chi connectivity index (χ2v) is 8.23. The molecule has 1 N–H and O–H groups in total. The molecule has 0 radical (unpaired) electrons. The average molecular weight is 397 g/mol. The van der Waals surface area contributed by atoms with Crippen LogP contribution in [0, 0.1) is 5.92 Å². The van der Waals surface area contributed by atoms with Crippen molar-refractivity contribution in [1.29, 1.82) is 0 Å². The van der Waals surface area contributed by atoms with Gasteiger partial charge in [-0.3, -0.25) is 9.69 Å². The molecule has 2 saturated heterocycles. The van der Waals surface area contributed by atoms with Gasteiger partial charge in [0.1, 0.15) is 0 Å². The first kappa shape index (κ1) is 17.9. The fraction of sp³-hybridized carbons (Fsp3) is 0.588. The van der Waals surface area contributed by atoms with Crippen LogP contribution in [-0.4, -0.2) is 65.3 Å². The standard InChI is InChI=1S/C17H21ClN4O3S/c18-17-19-13-8-12(10-21-3-1-2-11(9-21)16(23)24)26-14(13)15(20-17)22-4-6-25-7-5-22/h8,11H,1-7,9-10H2,(H,23,24). The Bertz CT molecular complexity index is 809. The predicted octanol–water partition coefficient (Wildman–Crippen LogP) is 2.48. The summed E-state index contributed by atoms with van der Waals surface area (Å²) in [6.45, 7) is 5.24. The third kappa shape index (κ3) is 3.78. The number of hydrogen-bond acceptors (Lipinski definition) is 7. The largest absolute Gasteiger partial charge is 0.481 e. The second kappa shape index (κ2) is 7.64. The molecule has 140 valence electrons. The summed E-state index contributed by atoms with van der Waals surface area (Å²) in [6.07, 6.45) is 1.69. The molecule has 0 spiro atoms. The van der Waals surface area contributed by atoms with Gasteiger partial charge in [0.15, 0.2) is 5.82 Å². The van der Waals surface area contributed by atoms with E-state index >= 15 is 0 Å². The number of morpholine rings is 1. The lowest BCUT2D eigenvalue weighted by Crippen LogP contribution is -2.37. The maximum Gasteiger partial charge on any atom is 0.307 e. The van der Waals surface area contributed by atoms with E-state index in [1.165, 1.54) is 0 Å². The van der Waals surface area contributed by atoms with Gasteiger partial charge in [-0.1, -0.05) is 0 Å². The molecule has 2 aromatic rings. The SMILES string of the molecule is O=C(O)C1CCCN(Cc2cc3nc(Cl)nc(N4CCOCC4)c3s2)C1. The lowest BCUT2D eigenvalue weighted by atomic mass is 9.98. The molecule has 0 saturated carbocycles. The number of carbonyl (C=O) groups is 1. The molecule has 1 unspecified atom stereocenters. The summed E-state index contributed by atoms with van der Waals surface area (Å²) in [5, 5.41) is 9.53. The van der Waals surface area contributed by atoms with Crippen LogP contribution in [0.15, 0.2) is 6.07 Å². The van der Waals surface area contributed by atoms with Crippen LogP contribution in [0.5, 0.6) is 0 Å². The minimum Gasteiger partial charge on any atom is -0.481 e. The van der Waals surface area contributed by atoms with E-state index in [0.29, 0.717) is 19.8 Å². The van der Waals surface area contributed by atoms with Crippen molar-refractivity contribution >= 4 is 44.9 Å². The van der Waals surface area contributed by atoms with Crippen molar-refractivity contribution in [3.8, 4) is 0 Å². The maximum absolute atomic E-state index is 11.3. The molecular formula is C17H21ClN4O3S. The van der Waals surface area contributed by atoms with E-state index in [2.05, 4.69) is 25.8 Å². The Morgan fingerprint density at radius 2 is 2.15 bits per heavy atom. The molecule has 4 heterocycles. The Morgan fingerprint density at radius 1 is 1.35 bits per heavy atom. The molecule has 26 heavy (non-hydrogen) atoms. The molecule has 2 aliphatic heterocycles. The number of thiophene rings is 1. The fourth-order valence-corrected chi connectivity index (χ4v) is 4.95. The lowest BCUT2D eigenvalue weighted by molar-refractivity contribution is -0.143. The summed E-state index contributed by atoms with van der Waals surface area (Å²) in [7, 11) is 0. The van der Waals surface area contributed by atoms with Crippen LogP contribution in [0.25, 0.3) is 10.2 Å². The van der Waals surface area contributed by atoms with Crippen LogP contribution in [-0.2, 0) is 16.1 Å². The molecule has 0 bridgehead atoms. The highest BCUT2D eigenvalue weighted by Crippen LogP contribution is 2.34. The Morgan fingerprint density at radius 3 is 2.92 bits per heavy atom. The zero-order valence-corrected chi connectivity index (χ0v) is 15.9. The van der Waals surface area contributed by atoms with E-state index in [1.54, 1.807) is 11.3 Å². The molecule has 0 amide bonds. The number of aromatic nitrogens is 2. The van der Waals surface area contributed by atoms with Gasteiger partial charge < -0.3 is 14.7 Å². The van der Waals surface area contributed by atoms with Crippen LogP contribution < -0.4 is 4.90 Å². The van der Waals surface area contributed by atoms with E-state index in [-0.39, 0.29) is 11.2 Å². The molecule has 9 heteroatoms. The average Bonchev–Trinajstić information content (AvgIpc) is 3.04. The third-order valence-corrected chi connectivity index (χ3v) is 6.20.